The summed E-state index contributed by atoms with van der Waals surface area (Å²) >= 11 is 11.4. The Hall–Kier alpha value is -0.550. The second-order valence-electron chi connectivity index (χ2n) is 4.29. The van der Waals surface area contributed by atoms with E-state index in [1.54, 1.807) is 18.0 Å². The minimum Gasteiger partial charge on any atom is -0.328 e. The fourth-order valence-corrected chi connectivity index (χ4v) is 3.46. The van der Waals surface area contributed by atoms with E-state index >= 15 is 0 Å². The van der Waals surface area contributed by atoms with Crippen LogP contribution in [-0.4, -0.2) is 11.0 Å². The third-order valence-corrected chi connectivity index (χ3v) is 4.91. The molecule has 1 aromatic carbocycles. The minimum atomic E-state index is 0.0754. The van der Waals surface area contributed by atoms with Crippen molar-refractivity contribution in [3.05, 3.63) is 51.6 Å². The Bertz CT molecular complexity index is 575. The SMILES string of the molecule is CC(N)Cc1c(Cl)cccc1Sc1ncccc1Br. The number of hydrogen-bond acceptors (Lipinski definition) is 3. The second-order valence-corrected chi connectivity index (χ2v) is 6.58. The third kappa shape index (κ3) is 3.96. The Balaban J connectivity index is 2.35. The van der Waals surface area contributed by atoms with Crippen molar-refractivity contribution in [2.24, 2.45) is 5.73 Å². The maximum atomic E-state index is 6.28. The first-order valence-electron chi connectivity index (χ1n) is 5.89. The average molecular weight is 358 g/mol. The lowest BCUT2D eigenvalue weighted by atomic mass is 10.1. The summed E-state index contributed by atoms with van der Waals surface area (Å²) in [5.41, 5.74) is 6.98. The Morgan fingerprint density at radius 2 is 2.16 bits per heavy atom. The smallest absolute Gasteiger partial charge is 0.115 e. The number of pyridine rings is 1. The van der Waals surface area contributed by atoms with Crippen LogP contribution in [0, 0.1) is 0 Å². The molecular formula is C14H14BrClN2S. The van der Waals surface area contributed by atoms with E-state index in [1.807, 2.05) is 31.2 Å². The summed E-state index contributed by atoms with van der Waals surface area (Å²) in [7, 11) is 0. The number of nitrogens with two attached hydrogens (primary N) is 1. The third-order valence-electron chi connectivity index (χ3n) is 2.53. The first-order chi connectivity index (χ1) is 9.08. The molecule has 100 valence electrons. The molecule has 5 heteroatoms. The maximum Gasteiger partial charge on any atom is 0.115 e. The molecule has 2 rings (SSSR count). The van der Waals surface area contributed by atoms with E-state index in [2.05, 4.69) is 27.0 Å². The van der Waals surface area contributed by atoms with Gasteiger partial charge >= 0.3 is 0 Å². The first-order valence-corrected chi connectivity index (χ1v) is 7.88. The number of benzene rings is 1. The number of hydrogen-bond donors (Lipinski definition) is 1. The number of aromatic nitrogens is 1. The molecule has 1 aromatic heterocycles. The maximum absolute atomic E-state index is 6.28. The van der Waals surface area contributed by atoms with Crippen molar-refractivity contribution in [2.45, 2.75) is 29.3 Å². The molecule has 2 nitrogen and oxygen atoms in total. The zero-order chi connectivity index (χ0) is 13.8. The normalized spacial score (nSPS) is 12.4. The molecule has 0 aliphatic heterocycles. The van der Waals surface area contributed by atoms with Gasteiger partial charge in [0.15, 0.2) is 0 Å². The zero-order valence-corrected chi connectivity index (χ0v) is 13.6. The number of halogens is 2. The Morgan fingerprint density at radius 3 is 2.84 bits per heavy atom. The van der Waals surface area contributed by atoms with Gasteiger partial charge < -0.3 is 5.73 Å². The molecule has 19 heavy (non-hydrogen) atoms. The molecule has 1 atom stereocenters. The van der Waals surface area contributed by atoms with Crippen molar-refractivity contribution in [3.63, 3.8) is 0 Å². The van der Waals surface area contributed by atoms with Crippen LogP contribution >= 0.6 is 39.3 Å². The lowest BCUT2D eigenvalue weighted by Gasteiger charge is -2.13. The molecule has 0 saturated carbocycles. The van der Waals surface area contributed by atoms with Crippen molar-refractivity contribution in [2.75, 3.05) is 0 Å². The zero-order valence-electron chi connectivity index (χ0n) is 10.4. The highest BCUT2D eigenvalue weighted by atomic mass is 79.9. The largest absolute Gasteiger partial charge is 0.328 e. The van der Waals surface area contributed by atoms with Crippen molar-refractivity contribution < 1.29 is 0 Å². The van der Waals surface area contributed by atoms with Crippen LogP contribution in [0.15, 0.2) is 50.9 Å². The highest BCUT2D eigenvalue weighted by Gasteiger charge is 2.12. The molecule has 0 aliphatic rings. The molecule has 0 fully saturated rings. The van der Waals surface area contributed by atoms with Gasteiger partial charge in [0.2, 0.25) is 0 Å². The van der Waals surface area contributed by atoms with Gasteiger partial charge in [-0.15, -0.1) is 0 Å². The number of rotatable bonds is 4. The number of nitrogens with zero attached hydrogens (tertiary/aromatic N) is 1. The van der Waals surface area contributed by atoms with Gasteiger partial charge in [-0.25, -0.2) is 4.98 Å². The average Bonchev–Trinajstić information content (AvgIpc) is 2.36. The van der Waals surface area contributed by atoms with Gasteiger partial charge in [0, 0.05) is 22.2 Å². The van der Waals surface area contributed by atoms with Crippen molar-refractivity contribution in [3.8, 4) is 0 Å². The Labute approximate surface area is 130 Å². The highest BCUT2D eigenvalue weighted by molar-refractivity contribution is 9.10. The fraction of sp³-hybridized carbons (Fsp3) is 0.214. The molecule has 0 radical (unpaired) electrons. The molecule has 0 aliphatic carbocycles. The van der Waals surface area contributed by atoms with E-state index in [0.29, 0.717) is 0 Å². The van der Waals surface area contributed by atoms with Crippen LogP contribution in [0.2, 0.25) is 5.02 Å². The summed E-state index contributed by atoms with van der Waals surface area (Å²) in [6.07, 6.45) is 2.54. The second kappa shape index (κ2) is 6.75. The lowest BCUT2D eigenvalue weighted by molar-refractivity contribution is 0.729. The van der Waals surface area contributed by atoms with Gasteiger partial charge in [-0.2, -0.15) is 0 Å². The Morgan fingerprint density at radius 1 is 1.37 bits per heavy atom. The quantitative estimate of drug-likeness (QED) is 0.873. The lowest BCUT2D eigenvalue weighted by Crippen LogP contribution is -2.18. The molecule has 1 unspecified atom stereocenters. The van der Waals surface area contributed by atoms with E-state index in [9.17, 15) is 0 Å². The van der Waals surface area contributed by atoms with Crippen molar-refractivity contribution in [1.82, 2.24) is 4.98 Å². The molecule has 2 N–H and O–H groups in total. The molecule has 1 heterocycles. The van der Waals surface area contributed by atoms with Gasteiger partial charge in [-0.05, 0) is 59.1 Å². The molecule has 0 amide bonds. The van der Waals surface area contributed by atoms with Crippen LogP contribution in [0.1, 0.15) is 12.5 Å². The first kappa shape index (κ1) is 14.9. The van der Waals surface area contributed by atoms with E-state index in [0.717, 1.165) is 31.4 Å². The summed E-state index contributed by atoms with van der Waals surface area (Å²) in [5, 5.41) is 1.69. The van der Waals surface area contributed by atoms with Gasteiger partial charge in [-0.3, -0.25) is 0 Å². The van der Waals surface area contributed by atoms with Crippen LogP contribution in [0.3, 0.4) is 0 Å². The van der Waals surface area contributed by atoms with Crippen LogP contribution in [0.25, 0.3) is 0 Å². The molecule has 2 aromatic rings. The van der Waals surface area contributed by atoms with E-state index in [1.165, 1.54) is 0 Å². The monoisotopic (exact) mass is 356 g/mol. The summed E-state index contributed by atoms with van der Waals surface area (Å²) in [6, 6.07) is 9.85. The van der Waals surface area contributed by atoms with Gasteiger partial charge in [0.1, 0.15) is 5.03 Å². The van der Waals surface area contributed by atoms with E-state index < -0.39 is 0 Å². The van der Waals surface area contributed by atoms with Gasteiger partial charge in [-0.1, -0.05) is 29.4 Å². The highest BCUT2D eigenvalue weighted by Crippen LogP contribution is 2.36. The summed E-state index contributed by atoms with van der Waals surface area (Å²) < 4.78 is 0.978. The van der Waals surface area contributed by atoms with E-state index in [4.69, 9.17) is 17.3 Å². The van der Waals surface area contributed by atoms with Gasteiger partial charge in [0.05, 0.1) is 4.47 Å². The molecule has 0 saturated heterocycles. The Kier molecular flexibility index (Phi) is 5.28. The van der Waals surface area contributed by atoms with Crippen molar-refractivity contribution in [1.29, 1.82) is 0 Å². The van der Waals surface area contributed by atoms with Crippen LogP contribution in [0.5, 0.6) is 0 Å². The molecular weight excluding hydrogens is 344 g/mol. The summed E-state index contributed by atoms with van der Waals surface area (Å²) in [4.78, 5) is 5.47. The minimum absolute atomic E-state index is 0.0754. The predicted octanol–water partition coefficient (Wildman–Crippen LogP) is 4.54. The van der Waals surface area contributed by atoms with Gasteiger partial charge in [0.25, 0.3) is 0 Å². The van der Waals surface area contributed by atoms with Crippen LogP contribution in [-0.2, 0) is 6.42 Å². The standard InChI is InChI=1S/C14H14BrClN2S/c1-9(17)8-10-12(16)5-2-6-13(10)19-14-11(15)4-3-7-18-14/h2-7,9H,8,17H2,1H3. The van der Waals surface area contributed by atoms with E-state index in [-0.39, 0.29) is 6.04 Å². The predicted molar refractivity (Wildman–Crippen MR) is 84.9 cm³/mol. The molecule has 0 bridgehead atoms. The fourth-order valence-electron chi connectivity index (χ4n) is 1.71. The van der Waals surface area contributed by atoms with Crippen LogP contribution < -0.4 is 5.73 Å². The summed E-state index contributed by atoms with van der Waals surface area (Å²) in [5.74, 6) is 0. The molecule has 0 spiro atoms. The van der Waals surface area contributed by atoms with Crippen molar-refractivity contribution >= 4 is 39.3 Å². The summed E-state index contributed by atoms with van der Waals surface area (Å²) in [6.45, 7) is 1.98. The topological polar surface area (TPSA) is 38.9 Å². The van der Waals surface area contributed by atoms with Crippen LogP contribution in [0.4, 0.5) is 0 Å².